The Morgan fingerprint density at radius 3 is 3.00 bits per heavy atom. The van der Waals surface area contributed by atoms with E-state index >= 15 is 0 Å². The molecule has 20 heavy (non-hydrogen) atoms. The molecule has 3 rings (SSSR count). The minimum atomic E-state index is -0.0216. The van der Waals surface area contributed by atoms with Gasteiger partial charge in [-0.3, -0.25) is 4.79 Å². The van der Waals surface area contributed by atoms with Gasteiger partial charge in [0.05, 0.1) is 17.8 Å². The molecule has 0 aliphatic carbocycles. The van der Waals surface area contributed by atoms with Gasteiger partial charge in [-0.1, -0.05) is 0 Å². The average Bonchev–Trinajstić information content (AvgIpc) is 3.19. The molecule has 3 heterocycles. The summed E-state index contributed by atoms with van der Waals surface area (Å²) in [4.78, 5) is 13.2. The van der Waals surface area contributed by atoms with Crippen molar-refractivity contribution >= 4 is 17.2 Å². The Balaban J connectivity index is 1.73. The zero-order valence-electron chi connectivity index (χ0n) is 11.4. The van der Waals surface area contributed by atoms with Crippen molar-refractivity contribution in [2.45, 2.75) is 31.9 Å². The van der Waals surface area contributed by atoms with Gasteiger partial charge in [0.15, 0.2) is 0 Å². The lowest BCUT2D eigenvalue weighted by Crippen LogP contribution is -2.40. The lowest BCUT2D eigenvalue weighted by Gasteiger charge is -2.20. The van der Waals surface area contributed by atoms with Crippen LogP contribution in [0.2, 0.25) is 0 Å². The number of ether oxygens (including phenoxy) is 1. The predicted molar refractivity (Wildman–Crippen MR) is 79.5 cm³/mol. The van der Waals surface area contributed by atoms with Crippen molar-refractivity contribution in [1.29, 1.82) is 0 Å². The fraction of sp³-hybridized carbons (Fsp3) is 0.400. The number of amides is 1. The molecule has 2 unspecified atom stereocenters. The van der Waals surface area contributed by atoms with E-state index < -0.39 is 0 Å². The molecule has 4 nitrogen and oxygen atoms in total. The van der Waals surface area contributed by atoms with Crippen molar-refractivity contribution in [2.24, 2.45) is 0 Å². The monoisotopic (exact) mass is 290 g/mol. The zero-order valence-corrected chi connectivity index (χ0v) is 12.2. The molecular formula is C15H18N2O2S. The Labute approximate surface area is 122 Å². The lowest BCUT2D eigenvalue weighted by molar-refractivity contribution is 0.0714. The second-order valence-corrected chi connectivity index (χ2v) is 5.96. The minimum Gasteiger partial charge on any atom is -0.376 e. The average molecular weight is 290 g/mol. The number of nitrogens with zero attached hydrogens (tertiary/aromatic N) is 1. The molecular weight excluding hydrogens is 272 g/mol. The van der Waals surface area contributed by atoms with Gasteiger partial charge in [0.25, 0.3) is 5.91 Å². The number of nitrogens with one attached hydrogen (secondary N) is 1. The molecule has 0 saturated carbocycles. The third-order valence-corrected chi connectivity index (χ3v) is 4.52. The van der Waals surface area contributed by atoms with Gasteiger partial charge in [-0.2, -0.15) is 0 Å². The van der Waals surface area contributed by atoms with E-state index in [-0.39, 0.29) is 18.1 Å². The summed E-state index contributed by atoms with van der Waals surface area (Å²) in [6, 6.07) is 5.92. The summed E-state index contributed by atoms with van der Waals surface area (Å²) in [5.41, 5.74) is 0.928. The molecule has 1 amide bonds. The van der Waals surface area contributed by atoms with Gasteiger partial charge >= 0.3 is 0 Å². The first-order chi connectivity index (χ1) is 9.75. The Morgan fingerprint density at radius 1 is 1.50 bits per heavy atom. The SMILES string of the molecule is CC(NC(=O)c1sccc1-n1cccc1)C1CCCO1. The molecule has 0 bridgehead atoms. The van der Waals surface area contributed by atoms with Crippen molar-refractivity contribution in [3.63, 3.8) is 0 Å². The van der Waals surface area contributed by atoms with Crippen LogP contribution in [0, 0.1) is 0 Å². The Morgan fingerprint density at radius 2 is 2.30 bits per heavy atom. The lowest BCUT2D eigenvalue weighted by atomic mass is 10.1. The van der Waals surface area contributed by atoms with Crippen LogP contribution in [0.5, 0.6) is 0 Å². The van der Waals surface area contributed by atoms with E-state index in [1.54, 1.807) is 0 Å². The highest BCUT2D eigenvalue weighted by atomic mass is 32.1. The first-order valence-corrected chi connectivity index (χ1v) is 7.77. The number of carbonyl (C=O) groups is 1. The maximum Gasteiger partial charge on any atom is 0.263 e. The van der Waals surface area contributed by atoms with Gasteiger partial charge in [-0.15, -0.1) is 11.3 Å². The maximum absolute atomic E-state index is 12.4. The molecule has 0 radical (unpaired) electrons. The number of hydrogen-bond acceptors (Lipinski definition) is 3. The van der Waals surface area contributed by atoms with Crippen LogP contribution in [0.15, 0.2) is 36.0 Å². The summed E-state index contributed by atoms with van der Waals surface area (Å²) in [6.45, 7) is 2.81. The number of rotatable bonds is 4. The van der Waals surface area contributed by atoms with Crippen LogP contribution >= 0.6 is 11.3 Å². The third-order valence-electron chi connectivity index (χ3n) is 3.61. The number of aromatic nitrogens is 1. The molecule has 0 aromatic carbocycles. The molecule has 2 aromatic heterocycles. The van der Waals surface area contributed by atoms with Crippen LogP contribution in [0.3, 0.4) is 0 Å². The van der Waals surface area contributed by atoms with Crippen molar-refractivity contribution in [3.8, 4) is 5.69 Å². The van der Waals surface area contributed by atoms with Gasteiger partial charge in [0.2, 0.25) is 0 Å². The second kappa shape index (κ2) is 5.81. The van der Waals surface area contributed by atoms with Gasteiger partial charge in [-0.05, 0) is 43.3 Å². The van der Waals surface area contributed by atoms with Crippen LogP contribution in [0.25, 0.3) is 5.69 Å². The molecule has 5 heteroatoms. The van der Waals surface area contributed by atoms with Crippen molar-refractivity contribution in [3.05, 3.63) is 40.8 Å². The van der Waals surface area contributed by atoms with E-state index in [4.69, 9.17) is 4.74 Å². The van der Waals surface area contributed by atoms with Crippen LogP contribution in [0.4, 0.5) is 0 Å². The topological polar surface area (TPSA) is 43.3 Å². The molecule has 2 atom stereocenters. The highest BCUT2D eigenvalue weighted by Crippen LogP contribution is 2.22. The predicted octanol–water partition coefficient (Wildman–Crippen LogP) is 2.84. The van der Waals surface area contributed by atoms with Crippen molar-refractivity contribution < 1.29 is 9.53 Å². The molecule has 1 aliphatic rings. The van der Waals surface area contributed by atoms with Crippen molar-refractivity contribution in [1.82, 2.24) is 9.88 Å². The normalized spacial score (nSPS) is 19.9. The first kappa shape index (κ1) is 13.4. The Kier molecular flexibility index (Phi) is 3.89. The number of thiophene rings is 1. The Bertz CT molecular complexity index is 570. The third kappa shape index (κ3) is 2.64. The minimum absolute atomic E-state index is 0.0216. The second-order valence-electron chi connectivity index (χ2n) is 5.04. The molecule has 1 fully saturated rings. The van der Waals surface area contributed by atoms with Gasteiger partial charge in [0, 0.05) is 19.0 Å². The summed E-state index contributed by atoms with van der Waals surface area (Å²) in [5, 5.41) is 5.01. The summed E-state index contributed by atoms with van der Waals surface area (Å²) in [5.74, 6) is -0.0216. The van der Waals surface area contributed by atoms with E-state index in [1.165, 1.54) is 11.3 Å². The van der Waals surface area contributed by atoms with E-state index in [1.807, 2.05) is 47.5 Å². The van der Waals surface area contributed by atoms with Crippen LogP contribution in [-0.4, -0.2) is 29.2 Å². The van der Waals surface area contributed by atoms with Crippen LogP contribution in [-0.2, 0) is 4.74 Å². The van der Waals surface area contributed by atoms with Crippen molar-refractivity contribution in [2.75, 3.05) is 6.61 Å². The van der Waals surface area contributed by atoms with Crippen LogP contribution < -0.4 is 5.32 Å². The summed E-state index contributed by atoms with van der Waals surface area (Å²) >= 11 is 1.47. The van der Waals surface area contributed by atoms with Gasteiger partial charge < -0.3 is 14.6 Å². The Hall–Kier alpha value is -1.59. The number of hydrogen-bond donors (Lipinski definition) is 1. The summed E-state index contributed by atoms with van der Waals surface area (Å²) in [6.07, 6.45) is 6.15. The standard InChI is InChI=1S/C15H18N2O2S/c1-11(13-5-4-9-19-13)16-15(18)14-12(6-10-20-14)17-7-2-3-8-17/h2-3,6-8,10-11,13H,4-5,9H2,1H3,(H,16,18). The van der Waals surface area contributed by atoms with E-state index in [9.17, 15) is 4.79 Å². The molecule has 2 aromatic rings. The summed E-state index contributed by atoms with van der Waals surface area (Å²) in [7, 11) is 0. The van der Waals surface area contributed by atoms with Crippen LogP contribution in [0.1, 0.15) is 29.4 Å². The van der Waals surface area contributed by atoms with Gasteiger partial charge in [0.1, 0.15) is 4.88 Å². The zero-order chi connectivity index (χ0) is 13.9. The quantitative estimate of drug-likeness (QED) is 0.941. The molecule has 0 spiro atoms. The number of carbonyl (C=O) groups excluding carboxylic acids is 1. The highest BCUT2D eigenvalue weighted by molar-refractivity contribution is 7.12. The maximum atomic E-state index is 12.4. The highest BCUT2D eigenvalue weighted by Gasteiger charge is 2.25. The first-order valence-electron chi connectivity index (χ1n) is 6.89. The van der Waals surface area contributed by atoms with E-state index in [2.05, 4.69) is 5.32 Å². The largest absolute Gasteiger partial charge is 0.376 e. The van der Waals surface area contributed by atoms with Gasteiger partial charge in [-0.25, -0.2) is 0 Å². The fourth-order valence-corrected chi connectivity index (χ4v) is 3.33. The van der Waals surface area contributed by atoms with E-state index in [0.29, 0.717) is 0 Å². The molecule has 106 valence electrons. The summed E-state index contributed by atoms with van der Waals surface area (Å²) < 4.78 is 7.58. The fourth-order valence-electron chi connectivity index (χ4n) is 2.53. The molecule has 1 saturated heterocycles. The smallest absolute Gasteiger partial charge is 0.263 e. The molecule has 1 N–H and O–H groups in total. The van der Waals surface area contributed by atoms with E-state index in [0.717, 1.165) is 30.0 Å². The molecule has 1 aliphatic heterocycles.